The maximum absolute atomic E-state index is 11.5. The van der Waals surface area contributed by atoms with Crippen LogP contribution in [0.2, 0.25) is 0 Å². The maximum atomic E-state index is 11.5. The van der Waals surface area contributed by atoms with Gasteiger partial charge in [-0.25, -0.2) is 0 Å². The van der Waals surface area contributed by atoms with E-state index in [1.165, 1.54) is 13.8 Å². The molecule has 0 saturated carbocycles. The van der Waals surface area contributed by atoms with Crippen molar-refractivity contribution in [2.75, 3.05) is 13.3 Å². The molecule has 11 heteroatoms. The van der Waals surface area contributed by atoms with Gasteiger partial charge in [0.1, 0.15) is 18.8 Å². The van der Waals surface area contributed by atoms with Crippen molar-refractivity contribution in [1.82, 2.24) is 5.32 Å². The maximum Gasteiger partial charge on any atom is 0.303 e. The van der Waals surface area contributed by atoms with Crippen LogP contribution in [-0.4, -0.2) is 67.8 Å². The van der Waals surface area contributed by atoms with Crippen molar-refractivity contribution < 1.29 is 42.9 Å². The Balaban J connectivity index is 3.22. The topological polar surface area (TPSA) is 152 Å². The van der Waals surface area contributed by atoms with Gasteiger partial charge in [-0.3, -0.25) is 19.2 Å². The van der Waals surface area contributed by atoms with E-state index in [1.807, 2.05) is 0 Å². The molecule has 0 aromatic carbocycles. The molecule has 1 amide bonds. The van der Waals surface area contributed by atoms with Crippen LogP contribution in [0.3, 0.4) is 0 Å². The number of hydrogen-bond donors (Lipinski definition) is 2. The molecular weight excluding hydrogens is 352 g/mol. The first-order chi connectivity index (χ1) is 12.1. The monoisotopic (exact) mass is 376 g/mol. The van der Waals surface area contributed by atoms with Crippen molar-refractivity contribution in [2.24, 2.45) is 5.73 Å². The van der Waals surface area contributed by atoms with Crippen LogP contribution in [0.25, 0.3) is 0 Å². The minimum Gasteiger partial charge on any atom is -0.463 e. The smallest absolute Gasteiger partial charge is 0.303 e. The molecule has 0 unspecified atom stereocenters. The van der Waals surface area contributed by atoms with Gasteiger partial charge in [0.2, 0.25) is 5.91 Å². The van der Waals surface area contributed by atoms with Crippen molar-refractivity contribution in [3.63, 3.8) is 0 Å². The first-order valence-electron chi connectivity index (χ1n) is 7.87. The number of nitrogens with two attached hydrogens (primary N) is 1. The van der Waals surface area contributed by atoms with Crippen molar-refractivity contribution in [3.05, 3.63) is 0 Å². The molecule has 26 heavy (non-hydrogen) atoms. The summed E-state index contributed by atoms with van der Waals surface area (Å²) in [5.41, 5.74) is 5.39. The molecule has 0 aromatic heterocycles. The number of rotatable bonds is 7. The molecule has 0 aliphatic carbocycles. The lowest BCUT2D eigenvalue weighted by Crippen LogP contribution is -2.66. The highest BCUT2D eigenvalue weighted by molar-refractivity contribution is 5.73. The number of hydrogen-bond acceptors (Lipinski definition) is 10. The van der Waals surface area contributed by atoms with Gasteiger partial charge in [-0.2, -0.15) is 0 Å². The molecule has 1 saturated heterocycles. The molecule has 1 aliphatic rings. The Morgan fingerprint density at radius 3 is 2.00 bits per heavy atom. The van der Waals surface area contributed by atoms with Crippen molar-refractivity contribution in [2.45, 2.75) is 58.3 Å². The van der Waals surface area contributed by atoms with E-state index in [-0.39, 0.29) is 13.3 Å². The minimum atomic E-state index is -1.15. The summed E-state index contributed by atoms with van der Waals surface area (Å²) < 4.78 is 26.3. The molecule has 0 radical (unpaired) electrons. The van der Waals surface area contributed by atoms with Gasteiger partial charge in [0.05, 0.1) is 6.73 Å². The van der Waals surface area contributed by atoms with E-state index >= 15 is 0 Å². The van der Waals surface area contributed by atoms with E-state index in [0.717, 1.165) is 13.8 Å². The summed E-state index contributed by atoms with van der Waals surface area (Å²) in [6.07, 6.45) is -4.43. The number of ether oxygens (including phenoxy) is 5. The first kappa shape index (κ1) is 21.8. The van der Waals surface area contributed by atoms with E-state index < -0.39 is 54.5 Å². The predicted octanol–water partition coefficient (Wildman–Crippen LogP) is -1.42. The van der Waals surface area contributed by atoms with Gasteiger partial charge in [0, 0.05) is 27.7 Å². The van der Waals surface area contributed by atoms with E-state index in [0.29, 0.717) is 0 Å². The Bertz CT molecular complexity index is 539. The molecule has 0 spiro atoms. The van der Waals surface area contributed by atoms with Gasteiger partial charge < -0.3 is 34.7 Å². The lowest BCUT2D eigenvalue weighted by molar-refractivity contribution is -0.277. The molecule has 148 valence electrons. The third-order valence-corrected chi connectivity index (χ3v) is 3.33. The summed E-state index contributed by atoms with van der Waals surface area (Å²) in [6.45, 7) is 4.21. The molecule has 0 bridgehead atoms. The Labute approximate surface area is 150 Å². The molecule has 3 N–H and O–H groups in total. The zero-order valence-electron chi connectivity index (χ0n) is 15.1. The molecule has 1 rings (SSSR count). The third-order valence-electron chi connectivity index (χ3n) is 3.33. The number of esters is 3. The summed E-state index contributed by atoms with van der Waals surface area (Å²) in [5, 5.41) is 2.54. The van der Waals surface area contributed by atoms with E-state index in [2.05, 4.69) is 5.32 Å². The molecule has 11 nitrogen and oxygen atoms in total. The standard InChI is InChI=1S/C15H24N2O9/c1-7(18)17-12-14(25-10(4)21)13(24-9(3)20)11(5-22-8(2)19)26-15(12)23-6-16/h11-15H,5-6,16H2,1-4H3,(H,17,18)/t11-,12-,13+,14-,15-/m1/s1. The zero-order valence-corrected chi connectivity index (χ0v) is 15.1. The quantitative estimate of drug-likeness (QED) is 0.307. The first-order valence-corrected chi connectivity index (χ1v) is 7.87. The van der Waals surface area contributed by atoms with E-state index in [1.54, 1.807) is 0 Å². The van der Waals surface area contributed by atoms with Gasteiger partial charge in [0.25, 0.3) is 0 Å². The van der Waals surface area contributed by atoms with Gasteiger partial charge in [0.15, 0.2) is 18.5 Å². The highest BCUT2D eigenvalue weighted by atomic mass is 16.7. The second-order valence-electron chi connectivity index (χ2n) is 5.55. The third kappa shape index (κ3) is 6.58. The average Bonchev–Trinajstić information content (AvgIpc) is 2.50. The minimum absolute atomic E-state index is 0.258. The van der Waals surface area contributed by atoms with Crippen molar-refractivity contribution in [3.8, 4) is 0 Å². The normalized spacial score (nSPS) is 28.0. The fraction of sp³-hybridized carbons (Fsp3) is 0.733. The molecule has 0 aromatic rings. The average molecular weight is 376 g/mol. The SMILES string of the molecule is CC(=O)N[C@H]1[C@H](OCN)O[C@H](COC(C)=O)[C@H](OC(C)=O)[C@@H]1OC(C)=O. The van der Waals surface area contributed by atoms with Crippen LogP contribution in [0.15, 0.2) is 0 Å². The van der Waals surface area contributed by atoms with E-state index in [4.69, 9.17) is 29.4 Å². The highest BCUT2D eigenvalue weighted by Gasteiger charge is 2.51. The second kappa shape index (κ2) is 10.0. The van der Waals surface area contributed by atoms with Crippen LogP contribution >= 0.6 is 0 Å². The lowest BCUT2D eigenvalue weighted by atomic mass is 9.96. The van der Waals surface area contributed by atoms with Crippen LogP contribution in [0.1, 0.15) is 27.7 Å². The summed E-state index contributed by atoms with van der Waals surface area (Å²) in [4.78, 5) is 45.7. The summed E-state index contributed by atoms with van der Waals surface area (Å²) in [6, 6.07) is -1.00. The number of carbonyl (C=O) groups is 4. The Morgan fingerprint density at radius 1 is 0.962 bits per heavy atom. The summed E-state index contributed by atoms with van der Waals surface area (Å²) in [5.74, 6) is -2.40. The van der Waals surface area contributed by atoms with Crippen LogP contribution in [0, 0.1) is 0 Å². The fourth-order valence-corrected chi connectivity index (χ4v) is 2.53. The van der Waals surface area contributed by atoms with E-state index in [9.17, 15) is 19.2 Å². The Morgan fingerprint density at radius 2 is 1.54 bits per heavy atom. The second-order valence-corrected chi connectivity index (χ2v) is 5.55. The Hall–Kier alpha value is -2.24. The molecule has 1 heterocycles. The molecule has 5 atom stereocenters. The Kier molecular flexibility index (Phi) is 8.42. The predicted molar refractivity (Wildman–Crippen MR) is 84.1 cm³/mol. The highest BCUT2D eigenvalue weighted by Crippen LogP contribution is 2.27. The number of nitrogens with one attached hydrogen (secondary N) is 1. The molecule has 1 aliphatic heterocycles. The van der Waals surface area contributed by atoms with Crippen molar-refractivity contribution >= 4 is 23.8 Å². The van der Waals surface area contributed by atoms with Crippen molar-refractivity contribution in [1.29, 1.82) is 0 Å². The molecule has 1 fully saturated rings. The number of carbonyl (C=O) groups excluding carboxylic acids is 4. The van der Waals surface area contributed by atoms with Crippen LogP contribution in [0.5, 0.6) is 0 Å². The van der Waals surface area contributed by atoms with Crippen LogP contribution in [0.4, 0.5) is 0 Å². The van der Waals surface area contributed by atoms with Gasteiger partial charge in [-0.05, 0) is 0 Å². The number of amides is 1. The summed E-state index contributed by atoms with van der Waals surface area (Å²) >= 11 is 0. The zero-order chi connectivity index (χ0) is 19.9. The summed E-state index contributed by atoms with van der Waals surface area (Å²) in [7, 11) is 0. The molecular formula is C15H24N2O9. The van der Waals surface area contributed by atoms with Gasteiger partial charge in [-0.1, -0.05) is 0 Å². The lowest BCUT2D eigenvalue weighted by Gasteiger charge is -2.44. The van der Waals surface area contributed by atoms with Crippen LogP contribution < -0.4 is 11.1 Å². The largest absolute Gasteiger partial charge is 0.463 e. The van der Waals surface area contributed by atoms with Crippen LogP contribution in [-0.2, 0) is 42.9 Å². The van der Waals surface area contributed by atoms with Gasteiger partial charge in [-0.15, -0.1) is 0 Å². The van der Waals surface area contributed by atoms with Gasteiger partial charge >= 0.3 is 17.9 Å². The fourth-order valence-electron chi connectivity index (χ4n) is 2.53.